The minimum Gasteiger partial charge on any atom is -0.368 e. The van der Waals surface area contributed by atoms with E-state index >= 15 is 0 Å². The molecule has 4 aromatic rings. The molecule has 3 aromatic heterocycles. The number of rotatable bonds is 5. The second-order valence-corrected chi connectivity index (χ2v) is 6.01. The highest BCUT2D eigenvalue weighted by Crippen LogP contribution is 2.24. The first-order chi connectivity index (χ1) is 12.3. The Hall–Kier alpha value is -3.21. The first kappa shape index (κ1) is 15.3. The molecule has 0 aliphatic heterocycles. The topological polar surface area (TPSA) is 66.5 Å². The van der Waals surface area contributed by atoms with E-state index in [1.54, 1.807) is 6.20 Å². The molecule has 124 valence electrons. The van der Waals surface area contributed by atoms with Crippen LogP contribution in [-0.2, 0) is 6.42 Å². The fourth-order valence-electron chi connectivity index (χ4n) is 2.85. The van der Waals surface area contributed by atoms with Crippen molar-refractivity contribution >= 4 is 16.9 Å². The maximum Gasteiger partial charge on any atom is 0.154 e. The van der Waals surface area contributed by atoms with Crippen LogP contribution in [0.1, 0.15) is 11.3 Å². The normalized spacial score (nSPS) is 10.9. The minimum atomic E-state index is 0.760. The predicted octanol–water partition coefficient (Wildman–Crippen LogP) is 3.98. The number of benzene rings is 1. The number of hydrogen-bond acceptors (Lipinski definition) is 4. The molecule has 0 saturated carbocycles. The van der Waals surface area contributed by atoms with Crippen molar-refractivity contribution < 1.29 is 0 Å². The van der Waals surface area contributed by atoms with Crippen LogP contribution in [0.5, 0.6) is 0 Å². The fraction of sp³-hybridized carbons (Fsp3) is 0.150. The Balaban J connectivity index is 1.57. The van der Waals surface area contributed by atoms with Gasteiger partial charge in [0.1, 0.15) is 11.3 Å². The maximum absolute atomic E-state index is 4.75. The van der Waals surface area contributed by atoms with Gasteiger partial charge in [0.25, 0.3) is 0 Å². The molecule has 4 rings (SSSR count). The van der Waals surface area contributed by atoms with Crippen LogP contribution in [0.2, 0.25) is 0 Å². The molecular weight excluding hydrogens is 310 g/mol. The number of nitrogens with zero attached hydrogens (tertiary/aromatic N) is 3. The number of anilines is 1. The van der Waals surface area contributed by atoms with E-state index in [0.29, 0.717) is 0 Å². The zero-order valence-electron chi connectivity index (χ0n) is 14.0. The second kappa shape index (κ2) is 6.73. The van der Waals surface area contributed by atoms with Gasteiger partial charge in [-0.05, 0) is 31.2 Å². The molecule has 5 heteroatoms. The lowest BCUT2D eigenvalue weighted by Gasteiger charge is -2.05. The number of fused-ring (bicyclic) bond motifs is 1. The average Bonchev–Trinajstić information content (AvgIpc) is 3.08. The number of aromatic amines is 1. The highest BCUT2D eigenvalue weighted by Gasteiger charge is 2.10. The van der Waals surface area contributed by atoms with Crippen LogP contribution in [0.15, 0.2) is 60.9 Å². The van der Waals surface area contributed by atoms with Gasteiger partial charge in [-0.3, -0.25) is 4.98 Å². The Bertz CT molecular complexity index is 991. The quantitative estimate of drug-likeness (QED) is 0.581. The molecule has 0 saturated heterocycles. The van der Waals surface area contributed by atoms with Crippen LogP contribution in [-0.4, -0.2) is 26.5 Å². The average molecular weight is 329 g/mol. The lowest BCUT2D eigenvalue weighted by atomic mass is 10.1. The largest absolute Gasteiger partial charge is 0.368 e. The second-order valence-electron chi connectivity index (χ2n) is 6.01. The molecule has 0 radical (unpaired) electrons. The molecule has 0 bridgehead atoms. The molecule has 2 N–H and O–H groups in total. The van der Waals surface area contributed by atoms with Gasteiger partial charge < -0.3 is 10.3 Å². The van der Waals surface area contributed by atoms with Crippen LogP contribution in [0, 0.1) is 6.92 Å². The number of nitrogens with one attached hydrogen (secondary N) is 2. The van der Waals surface area contributed by atoms with Crippen LogP contribution in [0.3, 0.4) is 0 Å². The molecule has 0 atom stereocenters. The summed E-state index contributed by atoms with van der Waals surface area (Å²) in [6.45, 7) is 2.84. The molecule has 0 fully saturated rings. The van der Waals surface area contributed by atoms with E-state index in [-0.39, 0.29) is 0 Å². The van der Waals surface area contributed by atoms with Gasteiger partial charge in [0.15, 0.2) is 5.82 Å². The number of pyridine rings is 2. The fourth-order valence-corrected chi connectivity index (χ4v) is 2.85. The van der Waals surface area contributed by atoms with Crippen LogP contribution in [0.25, 0.3) is 22.4 Å². The van der Waals surface area contributed by atoms with E-state index in [1.807, 2.05) is 36.5 Å². The summed E-state index contributed by atoms with van der Waals surface area (Å²) in [4.78, 5) is 16.9. The van der Waals surface area contributed by atoms with Crippen LogP contribution in [0.4, 0.5) is 5.82 Å². The van der Waals surface area contributed by atoms with Crippen LogP contribution < -0.4 is 5.32 Å². The lowest BCUT2D eigenvalue weighted by molar-refractivity contribution is 0.955. The smallest absolute Gasteiger partial charge is 0.154 e. The van der Waals surface area contributed by atoms with Gasteiger partial charge in [0.05, 0.1) is 5.52 Å². The Kier molecular flexibility index (Phi) is 4.12. The van der Waals surface area contributed by atoms with E-state index in [4.69, 9.17) is 4.98 Å². The van der Waals surface area contributed by atoms with Gasteiger partial charge in [-0.15, -0.1) is 0 Å². The Morgan fingerprint density at radius 3 is 2.80 bits per heavy atom. The zero-order valence-corrected chi connectivity index (χ0v) is 14.0. The molecule has 25 heavy (non-hydrogen) atoms. The molecule has 1 aromatic carbocycles. The maximum atomic E-state index is 4.75. The van der Waals surface area contributed by atoms with Gasteiger partial charge in [0, 0.05) is 36.6 Å². The van der Waals surface area contributed by atoms with Gasteiger partial charge in [-0.25, -0.2) is 9.97 Å². The molecule has 3 heterocycles. The van der Waals surface area contributed by atoms with E-state index in [9.17, 15) is 0 Å². The SMILES string of the molecule is Cc1cccc(-c2nc3c(NCCc4ccccn4)nccc3[nH]2)c1. The van der Waals surface area contributed by atoms with Gasteiger partial charge in [-0.1, -0.05) is 29.8 Å². The molecular formula is C20H19N5. The lowest BCUT2D eigenvalue weighted by Crippen LogP contribution is -2.07. The highest BCUT2D eigenvalue weighted by molar-refractivity contribution is 5.88. The Labute approximate surface area is 146 Å². The van der Waals surface area contributed by atoms with E-state index in [2.05, 4.69) is 45.4 Å². The number of aryl methyl sites for hydroxylation is 1. The van der Waals surface area contributed by atoms with E-state index < -0.39 is 0 Å². The van der Waals surface area contributed by atoms with Gasteiger partial charge in [0.2, 0.25) is 0 Å². The molecule has 0 aliphatic rings. The monoisotopic (exact) mass is 329 g/mol. The first-order valence-electron chi connectivity index (χ1n) is 8.35. The van der Waals surface area contributed by atoms with Crippen molar-refractivity contribution in [1.82, 2.24) is 19.9 Å². The van der Waals surface area contributed by atoms with Crippen LogP contribution >= 0.6 is 0 Å². The van der Waals surface area contributed by atoms with Crippen molar-refractivity contribution in [1.29, 1.82) is 0 Å². The van der Waals surface area contributed by atoms with Crippen molar-refractivity contribution in [3.63, 3.8) is 0 Å². The number of H-pyrrole nitrogens is 1. The molecule has 5 nitrogen and oxygen atoms in total. The van der Waals surface area contributed by atoms with Gasteiger partial charge >= 0.3 is 0 Å². The van der Waals surface area contributed by atoms with Crippen molar-refractivity contribution in [2.75, 3.05) is 11.9 Å². The predicted molar refractivity (Wildman–Crippen MR) is 100 cm³/mol. The van der Waals surface area contributed by atoms with E-state index in [0.717, 1.165) is 46.9 Å². The molecule has 0 unspecified atom stereocenters. The van der Waals surface area contributed by atoms with Crippen molar-refractivity contribution in [2.24, 2.45) is 0 Å². The summed E-state index contributed by atoms with van der Waals surface area (Å²) in [6.07, 6.45) is 4.45. The molecule has 0 spiro atoms. The highest BCUT2D eigenvalue weighted by atomic mass is 15.0. The summed E-state index contributed by atoms with van der Waals surface area (Å²) in [6, 6.07) is 16.2. The third-order valence-corrected chi connectivity index (χ3v) is 4.09. The summed E-state index contributed by atoms with van der Waals surface area (Å²) < 4.78 is 0. The van der Waals surface area contributed by atoms with Crippen molar-refractivity contribution in [3.05, 3.63) is 72.2 Å². The summed E-state index contributed by atoms with van der Waals surface area (Å²) in [7, 11) is 0. The third kappa shape index (κ3) is 3.35. The van der Waals surface area contributed by atoms with Crippen molar-refractivity contribution in [2.45, 2.75) is 13.3 Å². The first-order valence-corrected chi connectivity index (χ1v) is 8.35. The zero-order chi connectivity index (χ0) is 17.1. The van der Waals surface area contributed by atoms with E-state index in [1.165, 1.54) is 5.56 Å². The standard InChI is InChI=1S/C20H19N5/c1-14-5-4-6-15(13-14)19-24-17-9-12-23-20(18(17)25-19)22-11-8-16-7-2-3-10-21-16/h2-7,9-10,12-13H,8,11H2,1H3,(H,22,23)(H,24,25). The third-order valence-electron chi connectivity index (χ3n) is 4.09. The Morgan fingerprint density at radius 1 is 1.00 bits per heavy atom. The number of aromatic nitrogens is 4. The number of hydrogen-bond donors (Lipinski definition) is 2. The molecule has 0 amide bonds. The summed E-state index contributed by atoms with van der Waals surface area (Å²) in [5.41, 5.74) is 5.19. The van der Waals surface area contributed by atoms with Crippen molar-refractivity contribution in [3.8, 4) is 11.4 Å². The summed E-state index contributed by atoms with van der Waals surface area (Å²) in [5.74, 6) is 1.66. The number of imidazole rings is 1. The summed E-state index contributed by atoms with van der Waals surface area (Å²) in [5, 5.41) is 3.38. The summed E-state index contributed by atoms with van der Waals surface area (Å²) >= 11 is 0. The Morgan fingerprint density at radius 2 is 1.96 bits per heavy atom. The minimum absolute atomic E-state index is 0.760. The van der Waals surface area contributed by atoms with Gasteiger partial charge in [-0.2, -0.15) is 0 Å². The molecule has 0 aliphatic carbocycles.